The van der Waals surface area contributed by atoms with Crippen molar-refractivity contribution in [3.8, 4) is 0 Å². The first-order valence-electron chi connectivity index (χ1n) is 12.8. The molecule has 6 N–H and O–H groups in total. The molecule has 9 heteroatoms. The van der Waals surface area contributed by atoms with Gasteiger partial charge in [-0.1, -0.05) is 26.0 Å². The lowest BCUT2D eigenvalue weighted by molar-refractivity contribution is -0.322. The molecule has 35 heavy (non-hydrogen) atoms. The van der Waals surface area contributed by atoms with Crippen molar-refractivity contribution in [2.75, 3.05) is 6.61 Å². The van der Waals surface area contributed by atoms with Gasteiger partial charge in [0, 0.05) is 5.92 Å². The highest BCUT2D eigenvalue weighted by molar-refractivity contribution is 5.94. The average Bonchev–Trinajstić information content (AvgIpc) is 2.97. The van der Waals surface area contributed by atoms with Gasteiger partial charge in [0.25, 0.3) is 0 Å². The summed E-state index contributed by atoms with van der Waals surface area (Å²) < 4.78 is 11.6. The van der Waals surface area contributed by atoms with Gasteiger partial charge < -0.3 is 40.1 Å². The van der Waals surface area contributed by atoms with Crippen LogP contribution in [-0.2, 0) is 14.3 Å². The summed E-state index contributed by atoms with van der Waals surface area (Å²) in [7, 11) is 0. The van der Waals surface area contributed by atoms with Gasteiger partial charge in [0.15, 0.2) is 12.1 Å². The van der Waals surface area contributed by atoms with E-state index in [1.54, 1.807) is 13.8 Å². The van der Waals surface area contributed by atoms with E-state index < -0.39 is 66.0 Å². The average molecular weight is 497 g/mol. The van der Waals surface area contributed by atoms with Gasteiger partial charge in [-0.05, 0) is 62.7 Å². The van der Waals surface area contributed by atoms with Gasteiger partial charge in [-0.25, -0.2) is 0 Å². The molecular formula is C26H40O9. The topological polar surface area (TPSA) is 157 Å². The summed E-state index contributed by atoms with van der Waals surface area (Å²) in [6.07, 6.45) is -4.29. The highest BCUT2D eigenvalue weighted by Gasteiger charge is 2.69. The molecule has 2 bridgehead atoms. The molecule has 5 fully saturated rings. The number of ketones is 1. The molecule has 1 spiro atoms. The van der Waals surface area contributed by atoms with E-state index in [-0.39, 0.29) is 35.9 Å². The van der Waals surface area contributed by atoms with E-state index >= 15 is 0 Å². The van der Waals surface area contributed by atoms with Crippen molar-refractivity contribution in [3.05, 3.63) is 12.2 Å². The fourth-order valence-corrected chi connectivity index (χ4v) is 8.40. The molecule has 0 aromatic rings. The first-order chi connectivity index (χ1) is 16.2. The van der Waals surface area contributed by atoms with Crippen molar-refractivity contribution in [2.24, 2.45) is 28.6 Å². The minimum absolute atomic E-state index is 0.0971. The first-order valence-corrected chi connectivity index (χ1v) is 12.8. The van der Waals surface area contributed by atoms with E-state index in [1.807, 2.05) is 6.92 Å². The minimum atomic E-state index is -1.63. The molecule has 9 nitrogen and oxygen atoms in total. The van der Waals surface area contributed by atoms with Crippen molar-refractivity contribution in [1.82, 2.24) is 0 Å². The van der Waals surface area contributed by atoms with E-state index in [0.29, 0.717) is 6.42 Å². The van der Waals surface area contributed by atoms with Gasteiger partial charge in [0.05, 0.1) is 23.7 Å². The number of fused-ring (bicyclic) bond motifs is 2. The van der Waals surface area contributed by atoms with Crippen LogP contribution >= 0.6 is 0 Å². The Hall–Kier alpha value is -0.910. The Balaban J connectivity index is 1.43. The zero-order chi connectivity index (χ0) is 25.7. The molecule has 5 rings (SSSR count). The number of carbonyl (C=O) groups excluding carboxylic acids is 1. The van der Waals surface area contributed by atoms with Crippen LogP contribution in [0, 0.1) is 28.6 Å². The van der Waals surface area contributed by atoms with E-state index in [1.165, 1.54) is 0 Å². The molecule has 0 aromatic heterocycles. The number of rotatable bonds is 3. The molecule has 0 aromatic carbocycles. The third kappa shape index (κ3) is 3.54. The molecule has 1 saturated heterocycles. The highest BCUT2D eigenvalue weighted by atomic mass is 16.7. The maximum absolute atomic E-state index is 14.0. The summed E-state index contributed by atoms with van der Waals surface area (Å²) in [6.45, 7) is 9.05. The molecule has 0 amide bonds. The number of ether oxygens (including phenoxy) is 2. The van der Waals surface area contributed by atoms with Crippen LogP contribution < -0.4 is 0 Å². The monoisotopic (exact) mass is 496 g/mol. The number of hydrogen-bond donors (Lipinski definition) is 6. The van der Waals surface area contributed by atoms with Crippen LogP contribution in [0.2, 0.25) is 0 Å². The van der Waals surface area contributed by atoms with Crippen LogP contribution in [0.1, 0.15) is 59.3 Å². The second-order valence-electron chi connectivity index (χ2n) is 12.8. The summed E-state index contributed by atoms with van der Waals surface area (Å²) >= 11 is 0. The molecule has 0 radical (unpaired) electrons. The number of carbonyl (C=O) groups is 1. The van der Waals surface area contributed by atoms with Crippen LogP contribution in [0.3, 0.4) is 0 Å². The van der Waals surface area contributed by atoms with Crippen molar-refractivity contribution < 1.29 is 44.9 Å². The van der Waals surface area contributed by atoms with Crippen LogP contribution in [-0.4, -0.2) is 91.0 Å². The van der Waals surface area contributed by atoms with Crippen LogP contribution in [0.5, 0.6) is 0 Å². The highest BCUT2D eigenvalue weighted by Crippen LogP contribution is 2.69. The Bertz CT molecular complexity index is 899. The van der Waals surface area contributed by atoms with Crippen molar-refractivity contribution >= 4 is 5.78 Å². The Morgan fingerprint density at radius 3 is 2.37 bits per heavy atom. The molecule has 1 aliphatic heterocycles. The Labute approximate surface area is 205 Å². The Morgan fingerprint density at radius 2 is 1.71 bits per heavy atom. The van der Waals surface area contributed by atoms with Crippen molar-refractivity contribution in [1.29, 1.82) is 0 Å². The summed E-state index contributed by atoms with van der Waals surface area (Å²) in [5, 5.41) is 63.3. The van der Waals surface area contributed by atoms with Gasteiger partial charge >= 0.3 is 0 Å². The van der Waals surface area contributed by atoms with E-state index in [9.17, 15) is 35.4 Å². The summed E-state index contributed by atoms with van der Waals surface area (Å²) in [6, 6.07) is 0. The molecule has 12 atom stereocenters. The summed E-state index contributed by atoms with van der Waals surface area (Å²) in [4.78, 5) is 14.0. The normalized spacial score (nSPS) is 55.4. The molecule has 5 aliphatic rings. The minimum Gasteiger partial charge on any atom is -0.394 e. The maximum atomic E-state index is 14.0. The molecule has 4 saturated carbocycles. The SMILES string of the molecule is C=C1C2CCC3CC2(CC3(C)O)CC2(O)C(=O)C(C)(C)C(OC3OC(CO)C(O)C(O)C3O)CC12. The lowest BCUT2D eigenvalue weighted by atomic mass is 9.46. The molecule has 198 valence electrons. The zero-order valence-electron chi connectivity index (χ0n) is 20.8. The zero-order valence-corrected chi connectivity index (χ0v) is 20.8. The second-order valence-corrected chi connectivity index (χ2v) is 12.8. The number of hydrogen-bond acceptors (Lipinski definition) is 9. The van der Waals surface area contributed by atoms with Gasteiger partial charge in [0.2, 0.25) is 0 Å². The molecular weight excluding hydrogens is 456 g/mol. The first kappa shape index (κ1) is 25.7. The van der Waals surface area contributed by atoms with Crippen LogP contribution in [0.4, 0.5) is 0 Å². The van der Waals surface area contributed by atoms with E-state index in [2.05, 4.69) is 6.58 Å². The number of aliphatic hydroxyl groups is 6. The van der Waals surface area contributed by atoms with Crippen LogP contribution in [0.15, 0.2) is 12.2 Å². The van der Waals surface area contributed by atoms with Gasteiger partial charge in [0.1, 0.15) is 30.0 Å². The predicted octanol–water partition coefficient (Wildman–Crippen LogP) is 0.0351. The summed E-state index contributed by atoms with van der Waals surface area (Å²) in [5.74, 6) is -0.658. The predicted molar refractivity (Wildman–Crippen MR) is 123 cm³/mol. The largest absolute Gasteiger partial charge is 0.394 e. The number of aliphatic hydroxyl groups excluding tert-OH is 4. The van der Waals surface area contributed by atoms with Gasteiger partial charge in [-0.15, -0.1) is 0 Å². The third-order valence-corrected chi connectivity index (χ3v) is 10.3. The fraction of sp³-hybridized carbons (Fsp3) is 0.885. The van der Waals surface area contributed by atoms with Gasteiger partial charge in [-0.3, -0.25) is 4.79 Å². The molecule has 12 unspecified atom stereocenters. The summed E-state index contributed by atoms with van der Waals surface area (Å²) in [5.41, 5.74) is -3.13. The third-order valence-electron chi connectivity index (χ3n) is 10.3. The quantitative estimate of drug-likeness (QED) is 0.234. The molecule has 4 aliphatic carbocycles. The lowest BCUT2D eigenvalue weighted by Crippen LogP contribution is -2.67. The smallest absolute Gasteiger partial charge is 0.187 e. The van der Waals surface area contributed by atoms with Crippen LogP contribution in [0.25, 0.3) is 0 Å². The van der Waals surface area contributed by atoms with E-state index in [4.69, 9.17) is 9.47 Å². The Kier molecular flexibility index (Phi) is 5.91. The van der Waals surface area contributed by atoms with E-state index in [0.717, 1.165) is 24.8 Å². The molecule has 1 heterocycles. The van der Waals surface area contributed by atoms with Crippen molar-refractivity contribution in [3.63, 3.8) is 0 Å². The van der Waals surface area contributed by atoms with Crippen molar-refractivity contribution in [2.45, 2.75) is 107 Å². The van der Waals surface area contributed by atoms with Gasteiger partial charge in [-0.2, -0.15) is 0 Å². The standard InChI is InChI=1S/C26H40O9/c1-12-14-6-5-13-8-25(14,10-24(13,4)32)11-26(33)15(12)7-17(23(2,3)22(26)31)35-21-20(30)19(29)18(28)16(9-27)34-21/h13-21,27-30,32-33H,1,5-11H2,2-4H3. The second kappa shape index (κ2) is 8.04. The maximum Gasteiger partial charge on any atom is 0.187 e. The lowest BCUT2D eigenvalue weighted by Gasteiger charge is -2.60. The Morgan fingerprint density at radius 1 is 1.03 bits per heavy atom. The number of Topliss-reactive ketones (excluding diaryl/α,β-unsaturated/α-hetero) is 1. The fourth-order valence-electron chi connectivity index (χ4n) is 8.40.